The van der Waals surface area contributed by atoms with Crippen molar-refractivity contribution in [1.82, 2.24) is 0 Å². The molecule has 1 aliphatic heterocycles. The van der Waals surface area contributed by atoms with Gasteiger partial charge in [0.25, 0.3) is 0 Å². The van der Waals surface area contributed by atoms with Gasteiger partial charge in [-0.15, -0.1) is 0 Å². The molecule has 1 aliphatic rings. The van der Waals surface area contributed by atoms with E-state index in [0.29, 0.717) is 17.5 Å². The number of carbonyl (C=O) groups excluding carboxylic acids is 2. The molecule has 0 aromatic rings. The quantitative estimate of drug-likeness (QED) is 0.138. The van der Waals surface area contributed by atoms with Crippen LogP contribution in [0.1, 0.15) is 78.1 Å². The molecule has 8 heteroatoms. The molecule has 1 heterocycles. The molecule has 1 fully saturated rings. The van der Waals surface area contributed by atoms with Crippen LogP contribution in [0.3, 0.4) is 0 Å². The number of thioether (sulfide) groups is 1. The van der Waals surface area contributed by atoms with Gasteiger partial charge in [0.05, 0.1) is 0 Å². The maximum atomic E-state index is 10.7. The Bertz CT molecular complexity index is 380. The van der Waals surface area contributed by atoms with E-state index in [1.165, 1.54) is 37.1 Å². The van der Waals surface area contributed by atoms with E-state index < -0.39 is 0 Å². The number of carbonyl (C=O) groups is 2. The molecule has 0 spiro atoms. The first kappa shape index (κ1) is 27.7. The Morgan fingerprint density at radius 3 is 2.30 bits per heavy atom. The van der Waals surface area contributed by atoms with Crippen molar-refractivity contribution in [3.63, 3.8) is 0 Å². The zero-order valence-corrected chi connectivity index (χ0v) is 20.3. The molecule has 0 aromatic carbocycles. The summed E-state index contributed by atoms with van der Waals surface area (Å²) in [5, 5.41) is 1.34. The third-order valence-corrected chi connectivity index (χ3v) is 8.68. The fourth-order valence-corrected chi connectivity index (χ4v) is 6.96. The van der Waals surface area contributed by atoms with Gasteiger partial charge in [-0.25, -0.2) is 10.2 Å². The molecule has 2 atom stereocenters. The van der Waals surface area contributed by atoms with E-state index in [4.69, 9.17) is 5.90 Å². The van der Waals surface area contributed by atoms with Crippen LogP contribution in [-0.2, 0) is 13.9 Å². The van der Waals surface area contributed by atoms with Crippen LogP contribution in [0.5, 0.6) is 0 Å². The third-order valence-electron chi connectivity index (χ3n) is 4.17. The van der Waals surface area contributed by atoms with Crippen LogP contribution in [0.15, 0.2) is 0 Å². The number of hydrogen-bond donors (Lipinski definition) is 1. The highest BCUT2D eigenvalue weighted by molar-refractivity contribution is 8.77. The molecule has 4 nitrogen and oxygen atoms in total. The second-order valence-corrected chi connectivity index (χ2v) is 11.6. The lowest BCUT2D eigenvalue weighted by Gasteiger charge is -2.12. The first-order valence-corrected chi connectivity index (χ1v) is 14.4. The van der Waals surface area contributed by atoms with Gasteiger partial charge in [-0.3, -0.25) is 0 Å². The topological polar surface area (TPSA) is 69.4 Å². The number of hydrogen-bond acceptors (Lipinski definition) is 8. The van der Waals surface area contributed by atoms with Crippen molar-refractivity contribution >= 4 is 57.0 Å². The van der Waals surface area contributed by atoms with Crippen LogP contribution in [-0.4, -0.2) is 39.8 Å². The Hall–Kier alpha value is 0.660. The van der Waals surface area contributed by atoms with Crippen molar-refractivity contribution in [1.29, 1.82) is 0 Å². The SMILES string of the molecule is CC(=O)CCCCC1CCSS1.CSCCC(CCCCC(C)=O)SON. The van der Waals surface area contributed by atoms with Crippen LogP contribution >= 0.6 is 45.4 Å². The van der Waals surface area contributed by atoms with Gasteiger partial charge in [-0.05, 0) is 64.4 Å². The largest absolute Gasteiger partial charge is 0.300 e. The van der Waals surface area contributed by atoms with Crippen LogP contribution in [0.2, 0.25) is 0 Å². The molecular formula is C19H37NO3S4. The number of nitrogens with two attached hydrogens (primary N) is 1. The van der Waals surface area contributed by atoms with Crippen molar-refractivity contribution in [3.05, 3.63) is 0 Å². The minimum absolute atomic E-state index is 0.276. The Morgan fingerprint density at radius 2 is 1.78 bits per heavy atom. The zero-order chi connectivity index (χ0) is 20.3. The maximum absolute atomic E-state index is 10.7. The van der Waals surface area contributed by atoms with Gasteiger partial charge < -0.3 is 9.59 Å². The van der Waals surface area contributed by atoms with Crippen molar-refractivity contribution in [2.45, 2.75) is 88.6 Å². The molecule has 0 radical (unpaired) electrons. The fraction of sp³-hybridized carbons (Fsp3) is 0.895. The van der Waals surface area contributed by atoms with Crippen molar-refractivity contribution < 1.29 is 13.9 Å². The van der Waals surface area contributed by atoms with Crippen molar-refractivity contribution in [2.75, 3.05) is 17.8 Å². The molecule has 2 unspecified atom stereocenters. The minimum atomic E-state index is 0.276. The highest BCUT2D eigenvalue weighted by atomic mass is 33.1. The Kier molecular flexibility index (Phi) is 20.4. The normalized spacial score (nSPS) is 17.3. The molecule has 27 heavy (non-hydrogen) atoms. The molecule has 1 saturated heterocycles. The molecule has 0 aromatic heterocycles. The summed E-state index contributed by atoms with van der Waals surface area (Å²) in [6.45, 7) is 3.32. The number of Topliss-reactive ketones (excluding diaryl/α,β-unsaturated/α-hetero) is 2. The lowest BCUT2D eigenvalue weighted by atomic mass is 10.1. The highest BCUT2D eigenvalue weighted by Crippen LogP contribution is 2.39. The lowest BCUT2D eigenvalue weighted by molar-refractivity contribution is -0.117. The lowest BCUT2D eigenvalue weighted by Crippen LogP contribution is -2.07. The summed E-state index contributed by atoms with van der Waals surface area (Å²) in [5.41, 5.74) is 0. The summed E-state index contributed by atoms with van der Waals surface area (Å²) in [7, 11) is 4.03. The fourth-order valence-electron chi connectivity index (χ4n) is 2.62. The zero-order valence-electron chi connectivity index (χ0n) is 17.1. The van der Waals surface area contributed by atoms with Crippen LogP contribution in [0.25, 0.3) is 0 Å². The van der Waals surface area contributed by atoms with E-state index in [0.717, 1.165) is 49.5 Å². The summed E-state index contributed by atoms with van der Waals surface area (Å²) < 4.78 is 4.62. The Labute approximate surface area is 182 Å². The summed E-state index contributed by atoms with van der Waals surface area (Å²) in [5.74, 6) is 8.12. The van der Waals surface area contributed by atoms with Gasteiger partial charge in [0.1, 0.15) is 11.6 Å². The average Bonchev–Trinajstić information content (AvgIpc) is 3.14. The van der Waals surface area contributed by atoms with Crippen LogP contribution in [0, 0.1) is 0 Å². The minimum Gasteiger partial charge on any atom is -0.300 e. The first-order valence-electron chi connectivity index (χ1n) is 9.77. The predicted molar refractivity (Wildman–Crippen MR) is 126 cm³/mol. The number of unbranched alkanes of at least 4 members (excludes halogenated alkanes) is 2. The molecule has 160 valence electrons. The Balaban J connectivity index is 0.000000511. The molecule has 0 aliphatic carbocycles. The summed E-state index contributed by atoms with van der Waals surface area (Å²) in [4.78, 5) is 21.4. The summed E-state index contributed by atoms with van der Waals surface area (Å²) >= 11 is 3.19. The second-order valence-electron chi connectivity index (χ2n) is 6.82. The number of rotatable bonds is 15. The van der Waals surface area contributed by atoms with Gasteiger partial charge in [0.15, 0.2) is 0 Å². The monoisotopic (exact) mass is 455 g/mol. The van der Waals surface area contributed by atoms with Gasteiger partial charge in [0.2, 0.25) is 0 Å². The summed E-state index contributed by atoms with van der Waals surface area (Å²) in [6, 6.07) is 0. The van der Waals surface area contributed by atoms with Crippen molar-refractivity contribution in [2.24, 2.45) is 5.90 Å². The molecule has 1 rings (SSSR count). The molecule has 0 amide bonds. The van der Waals surface area contributed by atoms with Crippen LogP contribution in [0.4, 0.5) is 0 Å². The van der Waals surface area contributed by atoms with E-state index in [1.807, 2.05) is 33.3 Å². The second kappa shape index (κ2) is 20.0. The number of ketones is 2. The van der Waals surface area contributed by atoms with E-state index in [2.05, 4.69) is 10.5 Å². The van der Waals surface area contributed by atoms with E-state index in [9.17, 15) is 9.59 Å². The smallest absolute Gasteiger partial charge is 0.129 e. The molecule has 2 N–H and O–H groups in total. The highest BCUT2D eigenvalue weighted by Gasteiger charge is 2.15. The predicted octanol–water partition coefficient (Wildman–Crippen LogP) is 6.09. The van der Waals surface area contributed by atoms with Crippen molar-refractivity contribution in [3.8, 4) is 0 Å². The average molecular weight is 456 g/mol. The van der Waals surface area contributed by atoms with E-state index in [-0.39, 0.29) is 5.78 Å². The third kappa shape index (κ3) is 19.7. The van der Waals surface area contributed by atoms with Gasteiger partial charge in [-0.1, -0.05) is 34.4 Å². The van der Waals surface area contributed by atoms with Gasteiger partial charge >= 0.3 is 0 Å². The van der Waals surface area contributed by atoms with Gasteiger partial charge in [-0.2, -0.15) is 11.8 Å². The van der Waals surface area contributed by atoms with Gasteiger partial charge in [0, 0.05) is 41.1 Å². The van der Waals surface area contributed by atoms with E-state index >= 15 is 0 Å². The Morgan fingerprint density at radius 1 is 1.11 bits per heavy atom. The molecule has 0 saturated carbocycles. The standard InChI is InChI=1S/C10H21NO2S2.C9H16OS2/c1-9(12)5-3-4-6-10(15-13-11)7-8-14-2;1-8(10)4-2-3-5-9-6-7-11-12-9/h10H,3-8,11H2,1-2H3;9H,2-7H2,1H3. The summed E-state index contributed by atoms with van der Waals surface area (Å²) in [6.07, 6.45) is 12.8. The molecular weight excluding hydrogens is 418 g/mol. The molecule has 0 bridgehead atoms. The van der Waals surface area contributed by atoms with E-state index in [1.54, 1.807) is 13.8 Å². The maximum Gasteiger partial charge on any atom is 0.129 e. The first-order chi connectivity index (χ1) is 13.0. The van der Waals surface area contributed by atoms with Crippen LogP contribution < -0.4 is 5.90 Å².